The van der Waals surface area contributed by atoms with E-state index in [0.717, 1.165) is 12.8 Å². The summed E-state index contributed by atoms with van der Waals surface area (Å²) < 4.78 is 5.04. The first-order valence-electron chi connectivity index (χ1n) is 8.50. The lowest BCUT2D eigenvalue weighted by Crippen LogP contribution is -2.36. The molecule has 1 aliphatic rings. The Morgan fingerprint density at radius 2 is 1.91 bits per heavy atom. The van der Waals surface area contributed by atoms with E-state index in [1.165, 1.54) is 19.3 Å². The lowest BCUT2D eigenvalue weighted by Gasteiger charge is -2.22. The van der Waals surface area contributed by atoms with Crippen LogP contribution in [-0.2, 0) is 9.53 Å². The molecular formula is C18H26N2O3. The van der Waals surface area contributed by atoms with Gasteiger partial charge in [0.25, 0.3) is 0 Å². The second-order valence-electron chi connectivity index (χ2n) is 5.85. The van der Waals surface area contributed by atoms with E-state index in [2.05, 4.69) is 10.6 Å². The van der Waals surface area contributed by atoms with Crippen LogP contribution in [0.3, 0.4) is 0 Å². The fourth-order valence-electron chi connectivity index (χ4n) is 2.88. The number of hydrogen-bond donors (Lipinski definition) is 2. The van der Waals surface area contributed by atoms with Gasteiger partial charge in [-0.05, 0) is 31.9 Å². The quantitative estimate of drug-likeness (QED) is 0.758. The number of rotatable bonds is 7. The highest BCUT2D eigenvalue weighted by Crippen LogP contribution is 2.18. The Bertz CT molecular complexity index is 525. The molecule has 1 amide bonds. The van der Waals surface area contributed by atoms with Crippen LogP contribution in [0.4, 0.5) is 5.69 Å². The SMILES string of the molecule is CCOC(=O)c1ccccc1NCCC(=O)NC1CCCCC1. The van der Waals surface area contributed by atoms with Crippen molar-refractivity contribution in [1.82, 2.24) is 5.32 Å². The third-order valence-corrected chi connectivity index (χ3v) is 4.06. The van der Waals surface area contributed by atoms with Crippen molar-refractivity contribution in [2.24, 2.45) is 0 Å². The van der Waals surface area contributed by atoms with Crippen LogP contribution in [0.1, 0.15) is 55.8 Å². The van der Waals surface area contributed by atoms with E-state index in [1.54, 1.807) is 19.1 Å². The molecule has 0 aliphatic heterocycles. The summed E-state index contributed by atoms with van der Waals surface area (Å²) in [7, 11) is 0. The summed E-state index contributed by atoms with van der Waals surface area (Å²) in [5.74, 6) is -0.278. The number of amides is 1. The van der Waals surface area contributed by atoms with Gasteiger partial charge < -0.3 is 15.4 Å². The van der Waals surface area contributed by atoms with E-state index >= 15 is 0 Å². The number of para-hydroxylation sites is 1. The molecule has 5 heteroatoms. The van der Waals surface area contributed by atoms with Crippen molar-refractivity contribution in [3.05, 3.63) is 29.8 Å². The van der Waals surface area contributed by atoms with Gasteiger partial charge in [0.05, 0.1) is 12.2 Å². The molecule has 0 bridgehead atoms. The Labute approximate surface area is 137 Å². The Morgan fingerprint density at radius 3 is 2.65 bits per heavy atom. The monoisotopic (exact) mass is 318 g/mol. The molecule has 0 unspecified atom stereocenters. The molecule has 0 atom stereocenters. The molecule has 0 spiro atoms. The van der Waals surface area contributed by atoms with E-state index in [4.69, 9.17) is 4.74 Å². The molecule has 2 N–H and O–H groups in total. The maximum Gasteiger partial charge on any atom is 0.340 e. The largest absolute Gasteiger partial charge is 0.462 e. The molecular weight excluding hydrogens is 292 g/mol. The first kappa shape index (κ1) is 17.3. The lowest BCUT2D eigenvalue weighted by atomic mass is 9.95. The van der Waals surface area contributed by atoms with Gasteiger partial charge in [-0.2, -0.15) is 0 Å². The van der Waals surface area contributed by atoms with Crippen molar-refractivity contribution >= 4 is 17.6 Å². The predicted molar refractivity (Wildman–Crippen MR) is 90.5 cm³/mol. The molecule has 2 rings (SSSR count). The highest BCUT2D eigenvalue weighted by Gasteiger charge is 2.16. The molecule has 0 radical (unpaired) electrons. The highest BCUT2D eigenvalue weighted by molar-refractivity contribution is 5.95. The Balaban J connectivity index is 1.79. The van der Waals surface area contributed by atoms with Crippen LogP contribution in [-0.4, -0.2) is 31.1 Å². The van der Waals surface area contributed by atoms with Gasteiger partial charge in [-0.1, -0.05) is 31.4 Å². The summed E-state index contributed by atoms with van der Waals surface area (Å²) >= 11 is 0. The van der Waals surface area contributed by atoms with Gasteiger partial charge in [0.1, 0.15) is 0 Å². The van der Waals surface area contributed by atoms with E-state index in [-0.39, 0.29) is 11.9 Å². The van der Waals surface area contributed by atoms with Gasteiger partial charge in [0.2, 0.25) is 5.91 Å². The predicted octanol–water partition coefficient (Wildman–Crippen LogP) is 3.11. The topological polar surface area (TPSA) is 67.4 Å². The zero-order valence-corrected chi connectivity index (χ0v) is 13.8. The minimum absolute atomic E-state index is 0.0676. The van der Waals surface area contributed by atoms with E-state index in [0.29, 0.717) is 36.9 Å². The number of hydrogen-bond acceptors (Lipinski definition) is 4. The average molecular weight is 318 g/mol. The van der Waals surface area contributed by atoms with Gasteiger partial charge in [-0.25, -0.2) is 4.79 Å². The summed E-state index contributed by atoms with van der Waals surface area (Å²) in [6, 6.07) is 7.54. The lowest BCUT2D eigenvalue weighted by molar-refractivity contribution is -0.121. The normalized spacial score (nSPS) is 15.0. The number of ether oxygens (including phenoxy) is 1. The second kappa shape index (κ2) is 9.18. The summed E-state index contributed by atoms with van der Waals surface area (Å²) in [5.41, 5.74) is 1.21. The van der Waals surface area contributed by atoms with Crippen molar-refractivity contribution in [2.45, 2.75) is 51.5 Å². The zero-order valence-electron chi connectivity index (χ0n) is 13.8. The molecule has 1 fully saturated rings. The molecule has 23 heavy (non-hydrogen) atoms. The van der Waals surface area contributed by atoms with E-state index in [1.807, 2.05) is 12.1 Å². The van der Waals surface area contributed by atoms with Crippen molar-refractivity contribution in [1.29, 1.82) is 0 Å². The fourth-order valence-corrected chi connectivity index (χ4v) is 2.88. The maximum absolute atomic E-state index is 12.0. The molecule has 1 saturated carbocycles. The van der Waals surface area contributed by atoms with Crippen LogP contribution in [0, 0.1) is 0 Å². The smallest absolute Gasteiger partial charge is 0.340 e. The number of esters is 1. The number of carbonyl (C=O) groups is 2. The first-order chi connectivity index (χ1) is 11.2. The number of carbonyl (C=O) groups excluding carboxylic acids is 2. The Morgan fingerprint density at radius 1 is 1.17 bits per heavy atom. The van der Waals surface area contributed by atoms with Gasteiger partial charge in [-0.15, -0.1) is 0 Å². The molecule has 0 saturated heterocycles. The van der Waals surface area contributed by atoms with Crippen LogP contribution in [0.5, 0.6) is 0 Å². The molecule has 1 aliphatic carbocycles. The second-order valence-corrected chi connectivity index (χ2v) is 5.85. The Kier molecular flexibility index (Phi) is 6.91. The van der Waals surface area contributed by atoms with Crippen LogP contribution in [0.15, 0.2) is 24.3 Å². The van der Waals surface area contributed by atoms with E-state index < -0.39 is 0 Å². The minimum Gasteiger partial charge on any atom is -0.462 e. The standard InChI is InChI=1S/C18H26N2O3/c1-2-23-18(22)15-10-6-7-11-16(15)19-13-12-17(21)20-14-8-4-3-5-9-14/h6-7,10-11,14,19H,2-5,8-9,12-13H2,1H3,(H,20,21). The number of anilines is 1. The minimum atomic E-state index is -0.345. The van der Waals surface area contributed by atoms with Crippen LogP contribution in [0.25, 0.3) is 0 Å². The molecule has 5 nitrogen and oxygen atoms in total. The van der Waals surface area contributed by atoms with Crippen molar-refractivity contribution in [2.75, 3.05) is 18.5 Å². The van der Waals surface area contributed by atoms with Gasteiger partial charge >= 0.3 is 5.97 Å². The summed E-state index contributed by atoms with van der Waals surface area (Å²) in [5, 5.41) is 6.25. The van der Waals surface area contributed by atoms with Crippen LogP contribution < -0.4 is 10.6 Å². The first-order valence-corrected chi connectivity index (χ1v) is 8.50. The van der Waals surface area contributed by atoms with Gasteiger partial charge in [0, 0.05) is 24.7 Å². The molecule has 126 valence electrons. The van der Waals surface area contributed by atoms with Crippen molar-refractivity contribution < 1.29 is 14.3 Å². The van der Waals surface area contributed by atoms with Crippen LogP contribution >= 0.6 is 0 Å². The molecule has 0 aromatic heterocycles. The Hall–Kier alpha value is -2.04. The van der Waals surface area contributed by atoms with Crippen molar-refractivity contribution in [3.8, 4) is 0 Å². The number of benzene rings is 1. The summed E-state index contributed by atoms with van der Waals surface area (Å²) in [6.45, 7) is 2.62. The zero-order chi connectivity index (χ0) is 16.5. The highest BCUT2D eigenvalue weighted by atomic mass is 16.5. The molecule has 1 aromatic carbocycles. The molecule has 0 heterocycles. The van der Waals surface area contributed by atoms with E-state index in [9.17, 15) is 9.59 Å². The van der Waals surface area contributed by atoms with Gasteiger partial charge in [-0.3, -0.25) is 4.79 Å². The fraction of sp³-hybridized carbons (Fsp3) is 0.556. The molecule has 1 aromatic rings. The maximum atomic E-state index is 12.0. The number of nitrogens with one attached hydrogen (secondary N) is 2. The average Bonchev–Trinajstić information content (AvgIpc) is 2.56. The third-order valence-electron chi connectivity index (χ3n) is 4.06. The summed E-state index contributed by atoms with van der Waals surface area (Å²) in [6.07, 6.45) is 6.26. The third kappa shape index (κ3) is 5.58. The summed E-state index contributed by atoms with van der Waals surface area (Å²) in [4.78, 5) is 23.9. The van der Waals surface area contributed by atoms with Gasteiger partial charge in [0.15, 0.2) is 0 Å². The van der Waals surface area contributed by atoms with Crippen LogP contribution in [0.2, 0.25) is 0 Å². The van der Waals surface area contributed by atoms with Crippen molar-refractivity contribution in [3.63, 3.8) is 0 Å².